The van der Waals surface area contributed by atoms with Gasteiger partial charge in [0.05, 0.1) is 16.5 Å². The number of non-ortho nitro benzene ring substituents is 1. The lowest BCUT2D eigenvalue weighted by Gasteiger charge is -2.12. The van der Waals surface area contributed by atoms with Crippen molar-refractivity contribution in [2.45, 2.75) is 13.3 Å². The Morgan fingerprint density at radius 3 is 2.78 bits per heavy atom. The van der Waals surface area contributed by atoms with Crippen LogP contribution in [0.1, 0.15) is 13.3 Å². The normalized spacial score (nSPS) is 11.9. The Hall–Kier alpha value is -2.02. The lowest BCUT2D eigenvalue weighted by molar-refractivity contribution is -0.384. The number of hydrogen-bond acceptors (Lipinski definition) is 4. The van der Waals surface area contributed by atoms with E-state index >= 15 is 0 Å². The van der Waals surface area contributed by atoms with Gasteiger partial charge in [0.1, 0.15) is 5.82 Å². The predicted octanol–water partition coefficient (Wildman–Crippen LogP) is 1.66. The number of nitrogens with zero attached hydrogens (tertiary/aromatic N) is 1. The van der Waals surface area contributed by atoms with Crippen LogP contribution in [0.5, 0.6) is 0 Å². The van der Waals surface area contributed by atoms with Crippen molar-refractivity contribution in [3.05, 3.63) is 34.1 Å². The monoisotopic (exact) mass is 255 g/mol. The summed E-state index contributed by atoms with van der Waals surface area (Å²) in [5.41, 5.74) is 4.90. The summed E-state index contributed by atoms with van der Waals surface area (Å²) >= 11 is 0. The Morgan fingerprint density at radius 1 is 1.61 bits per heavy atom. The van der Waals surface area contributed by atoms with E-state index in [0.717, 1.165) is 18.2 Å². The number of carbonyl (C=O) groups is 1. The van der Waals surface area contributed by atoms with Crippen LogP contribution in [0.2, 0.25) is 0 Å². The number of anilines is 1. The van der Waals surface area contributed by atoms with Gasteiger partial charge in [-0.3, -0.25) is 14.9 Å². The van der Waals surface area contributed by atoms with E-state index in [1.165, 1.54) is 0 Å². The Bertz CT molecular complexity index is 461. The maximum absolute atomic E-state index is 13.4. The van der Waals surface area contributed by atoms with Gasteiger partial charge in [0.25, 0.3) is 5.69 Å². The number of amides is 1. The Kier molecular flexibility index (Phi) is 4.73. The summed E-state index contributed by atoms with van der Waals surface area (Å²) in [6, 6.07) is 2.96. The Labute approximate surface area is 103 Å². The average Bonchev–Trinajstić information content (AvgIpc) is 2.33. The number of rotatable bonds is 5. The van der Waals surface area contributed by atoms with Crippen LogP contribution in [-0.2, 0) is 4.79 Å². The van der Waals surface area contributed by atoms with Gasteiger partial charge in [-0.15, -0.1) is 0 Å². The van der Waals surface area contributed by atoms with Crippen molar-refractivity contribution in [2.24, 2.45) is 11.7 Å². The maximum atomic E-state index is 13.4. The summed E-state index contributed by atoms with van der Waals surface area (Å²) in [7, 11) is 0. The highest BCUT2D eigenvalue weighted by Crippen LogP contribution is 2.21. The number of hydrogen-bond donors (Lipinski definition) is 2. The molecular weight excluding hydrogens is 241 g/mol. The van der Waals surface area contributed by atoms with E-state index in [2.05, 4.69) is 5.32 Å². The third-order valence-corrected chi connectivity index (χ3v) is 2.57. The number of carbonyl (C=O) groups excluding carboxylic acids is 1. The van der Waals surface area contributed by atoms with Gasteiger partial charge in [0.15, 0.2) is 0 Å². The second-order valence-electron chi connectivity index (χ2n) is 3.75. The van der Waals surface area contributed by atoms with Crippen LogP contribution >= 0.6 is 0 Å². The van der Waals surface area contributed by atoms with Crippen LogP contribution in [0.25, 0.3) is 0 Å². The summed E-state index contributed by atoms with van der Waals surface area (Å²) in [4.78, 5) is 21.6. The molecule has 0 aliphatic rings. The van der Waals surface area contributed by atoms with E-state index in [-0.39, 0.29) is 17.9 Å². The van der Waals surface area contributed by atoms with E-state index in [4.69, 9.17) is 5.73 Å². The van der Waals surface area contributed by atoms with Crippen LogP contribution in [0, 0.1) is 21.8 Å². The SMILES string of the molecule is CCC(CN)C(=O)Nc1cc([N+](=O)[O-])ccc1F. The molecule has 0 spiro atoms. The largest absolute Gasteiger partial charge is 0.330 e. The number of nitrogens with one attached hydrogen (secondary N) is 1. The lowest BCUT2D eigenvalue weighted by atomic mass is 10.1. The molecule has 0 bridgehead atoms. The molecule has 6 nitrogen and oxygen atoms in total. The number of halogens is 1. The number of nitro benzene ring substituents is 1. The highest BCUT2D eigenvalue weighted by Gasteiger charge is 2.18. The Balaban J connectivity index is 2.93. The fraction of sp³-hybridized carbons (Fsp3) is 0.364. The molecule has 0 saturated carbocycles. The molecule has 1 unspecified atom stereocenters. The van der Waals surface area contributed by atoms with E-state index in [1.54, 1.807) is 6.92 Å². The summed E-state index contributed by atoms with van der Waals surface area (Å²) in [6.07, 6.45) is 0.513. The van der Waals surface area contributed by atoms with Crippen LogP contribution < -0.4 is 11.1 Å². The predicted molar refractivity (Wildman–Crippen MR) is 64.5 cm³/mol. The molecule has 1 aromatic rings. The second kappa shape index (κ2) is 6.06. The molecule has 1 rings (SSSR count). The first-order valence-corrected chi connectivity index (χ1v) is 5.44. The zero-order valence-corrected chi connectivity index (χ0v) is 9.85. The van der Waals surface area contributed by atoms with Gasteiger partial charge in [-0.1, -0.05) is 6.92 Å². The second-order valence-corrected chi connectivity index (χ2v) is 3.75. The maximum Gasteiger partial charge on any atom is 0.271 e. The molecule has 1 aromatic carbocycles. The van der Waals surface area contributed by atoms with E-state index in [1.807, 2.05) is 0 Å². The summed E-state index contributed by atoms with van der Waals surface area (Å²) in [6.45, 7) is 1.92. The molecule has 0 heterocycles. The van der Waals surface area contributed by atoms with Gasteiger partial charge in [0, 0.05) is 18.7 Å². The van der Waals surface area contributed by atoms with Crippen molar-refractivity contribution in [1.29, 1.82) is 0 Å². The third kappa shape index (κ3) is 3.24. The number of nitrogens with two attached hydrogens (primary N) is 1. The van der Waals surface area contributed by atoms with Crippen LogP contribution in [0.4, 0.5) is 15.8 Å². The summed E-state index contributed by atoms with van der Waals surface area (Å²) in [5.74, 6) is -1.61. The van der Waals surface area contributed by atoms with Crippen LogP contribution in [-0.4, -0.2) is 17.4 Å². The number of benzene rings is 1. The molecule has 18 heavy (non-hydrogen) atoms. The highest BCUT2D eigenvalue weighted by molar-refractivity contribution is 5.93. The molecular formula is C11H14FN3O3. The molecule has 3 N–H and O–H groups in total. The molecule has 0 aliphatic carbocycles. The smallest absolute Gasteiger partial charge is 0.271 e. The molecule has 0 aliphatic heterocycles. The van der Waals surface area contributed by atoms with Gasteiger partial charge in [-0.2, -0.15) is 0 Å². The summed E-state index contributed by atoms with van der Waals surface area (Å²) < 4.78 is 13.4. The third-order valence-electron chi connectivity index (χ3n) is 2.57. The average molecular weight is 255 g/mol. The standard InChI is InChI=1S/C11H14FN3O3/c1-2-7(6-13)11(16)14-10-5-8(15(17)18)3-4-9(10)12/h3-5,7H,2,6,13H2,1H3,(H,14,16). The molecule has 0 aromatic heterocycles. The van der Waals surface area contributed by atoms with E-state index < -0.39 is 22.6 Å². The first-order valence-electron chi connectivity index (χ1n) is 5.44. The van der Waals surface area contributed by atoms with Gasteiger partial charge >= 0.3 is 0 Å². The number of nitro groups is 1. The minimum atomic E-state index is -0.721. The minimum absolute atomic E-state index is 0.138. The first kappa shape index (κ1) is 14.0. The zero-order valence-electron chi connectivity index (χ0n) is 9.85. The highest BCUT2D eigenvalue weighted by atomic mass is 19.1. The molecule has 0 radical (unpaired) electrons. The van der Waals surface area contributed by atoms with Crippen molar-refractivity contribution < 1.29 is 14.1 Å². The van der Waals surface area contributed by atoms with Crippen molar-refractivity contribution in [2.75, 3.05) is 11.9 Å². The van der Waals surface area contributed by atoms with E-state index in [9.17, 15) is 19.3 Å². The summed E-state index contributed by atoms with van der Waals surface area (Å²) in [5, 5.41) is 12.9. The Morgan fingerprint density at radius 2 is 2.28 bits per heavy atom. The van der Waals surface area contributed by atoms with Crippen molar-refractivity contribution in [3.8, 4) is 0 Å². The first-order chi connectivity index (χ1) is 8.49. The molecule has 0 fully saturated rings. The van der Waals surface area contributed by atoms with Crippen LogP contribution in [0.15, 0.2) is 18.2 Å². The molecule has 98 valence electrons. The van der Waals surface area contributed by atoms with Gasteiger partial charge in [-0.25, -0.2) is 4.39 Å². The topological polar surface area (TPSA) is 98.3 Å². The molecule has 1 atom stereocenters. The fourth-order valence-corrected chi connectivity index (χ4v) is 1.42. The molecule has 7 heteroatoms. The lowest BCUT2D eigenvalue weighted by Crippen LogP contribution is -2.29. The van der Waals surface area contributed by atoms with Crippen molar-refractivity contribution in [1.82, 2.24) is 0 Å². The minimum Gasteiger partial charge on any atom is -0.330 e. The molecule has 0 saturated heterocycles. The van der Waals surface area contributed by atoms with Crippen LogP contribution in [0.3, 0.4) is 0 Å². The van der Waals surface area contributed by atoms with Gasteiger partial charge < -0.3 is 11.1 Å². The quantitative estimate of drug-likeness (QED) is 0.617. The fourth-order valence-electron chi connectivity index (χ4n) is 1.42. The molecule has 1 amide bonds. The van der Waals surface area contributed by atoms with Gasteiger partial charge in [0.2, 0.25) is 5.91 Å². The van der Waals surface area contributed by atoms with Crippen molar-refractivity contribution >= 4 is 17.3 Å². The van der Waals surface area contributed by atoms with E-state index in [0.29, 0.717) is 6.42 Å². The van der Waals surface area contributed by atoms with Gasteiger partial charge in [-0.05, 0) is 12.5 Å². The zero-order chi connectivity index (χ0) is 13.7. The van der Waals surface area contributed by atoms with Crippen molar-refractivity contribution in [3.63, 3.8) is 0 Å².